The average molecular weight is 88.1 g/mol. The molecule has 3 nitrogen and oxygen atoms in total. The van der Waals surface area contributed by atoms with Crippen LogP contribution in [-0.2, 0) is 4.79 Å². The summed E-state index contributed by atoms with van der Waals surface area (Å²) in [6, 6.07) is -0.981. The Labute approximate surface area is 35.8 Å². The Hall–Kier alpha value is -0.700. The first-order chi connectivity index (χ1) is 2.64. The molecule has 0 aromatic carbocycles. The minimum Gasteiger partial charge on any atom is -0.477 e. The number of carboxylic acids is 1. The van der Waals surface area contributed by atoms with E-state index in [1.807, 2.05) is 0 Å². The molecule has 1 atom stereocenters. The van der Waals surface area contributed by atoms with Crippen molar-refractivity contribution < 1.29 is 9.90 Å². The molecule has 0 heterocycles. The number of hydrogen-bond donors (Lipinski definition) is 2. The van der Waals surface area contributed by atoms with Gasteiger partial charge in [-0.1, -0.05) is 0 Å². The van der Waals surface area contributed by atoms with Gasteiger partial charge in [-0.2, -0.15) is 0 Å². The van der Waals surface area contributed by atoms with Crippen LogP contribution in [0.2, 0.25) is 0 Å². The van der Waals surface area contributed by atoms with Crippen LogP contribution in [0.5, 0.6) is 0 Å². The summed E-state index contributed by atoms with van der Waals surface area (Å²) in [7, 11) is 0. The molecule has 0 spiro atoms. The van der Waals surface area contributed by atoms with Crippen molar-refractivity contribution in [3.8, 4) is 0 Å². The van der Waals surface area contributed by atoms with Crippen molar-refractivity contribution >= 4 is 5.97 Å². The maximum Gasteiger partial charge on any atom is 0.367 e. The molecular formula is C3H6NO2+. The standard InChI is InChI=1S/C3H5NO2/c1-2(4)3(5)6/h2H,1,4H2/p+1/t2-/m0/s1. The Bertz CT molecular complexity index is 59.8. The summed E-state index contributed by atoms with van der Waals surface area (Å²) in [4.78, 5) is 9.51. The van der Waals surface area contributed by atoms with Crippen LogP contribution < -0.4 is 5.73 Å². The van der Waals surface area contributed by atoms with Gasteiger partial charge in [0.15, 0.2) is 0 Å². The molecule has 0 aromatic heterocycles. The van der Waals surface area contributed by atoms with Crippen molar-refractivity contribution in [3.63, 3.8) is 0 Å². The summed E-state index contributed by atoms with van der Waals surface area (Å²) in [5, 5.41) is 7.80. The van der Waals surface area contributed by atoms with Gasteiger partial charge in [-0.25, -0.2) is 4.79 Å². The van der Waals surface area contributed by atoms with Gasteiger partial charge in [0, 0.05) is 0 Å². The van der Waals surface area contributed by atoms with Gasteiger partial charge >= 0.3 is 5.97 Å². The molecule has 0 aliphatic heterocycles. The first kappa shape index (κ1) is 5.30. The highest BCUT2D eigenvalue weighted by atomic mass is 16.4. The second-order valence-corrected chi connectivity index (χ2v) is 0.945. The van der Waals surface area contributed by atoms with E-state index in [9.17, 15) is 4.79 Å². The first-order valence-electron chi connectivity index (χ1n) is 1.46. The maximum absolute atomic E-state index is 9.51. The van der Waals surface area contributed by atoms with E-state index in [0.29, 0.717) is 0 Å². The van der Waals surface area contributed by atoms with Gasteiger partial charge in [0.2, 0.25) is 6.04 Å². The predicted molar refractivity (Wildman–Crippen MR) is 21.0 cm³/mol. The summed E-state index contributed by atoms with van der Waals surface area (Å²) >= 11 is 0. The smallest absolute Gasteiger partial charge is 0.367 e. The molecule has 0 rings (SSSR count). The SMILES string of the molecule is [CH2+][C@H](N)C(=O)O. The van der Waals surface area contributed by atoms with Gasteiger partial charge in [-0.05, 0) is 0 Å². The summed E-state index contributed by atoms with van der Waals surface area (Å²) in [5.41, 5.74) is 4.72. The van der Waals surface area contributed by atoms with E-state index < -0.39 is 12.0 Å². The van der Waals surface area contributed by atoms with Crippen LogP contribution >= 0.6 is 0 Å². The molecule has 0 saturated carbocycles. The topological polar surface area (TPSA) is 63.3 Å². The monoisotopic (exact) mass is 88.0 g/mol. The van der Waals surface area contributed by atoms with E-state index in [1.165, 1.54) is 0 Å². The van der Waals surface area contributed by atoms with Crippen molar-refractivity contribution in [1.82, 2.24) is 0 Å². The normalized spacial score (nSPS) is 13.5. The quantitative estimate of drug-likeness (QED) is 0.414. The van der Waals surface area contributed by atoms with Crippen LogP contribution in [0, 0.1) is 6.92 Å². The lowest BCUT2D eigenvalue weighted by atomic mass is 10.4. The van der Waals surface area contributed by atoms with Gasteiger partial charge in [-0.15, -0.1) is 0 Å². The lowest BCUT2D eigenvalue weighted by molar-refractivity contribution is -0.137. The molecule has 0 bridgehead atoms. The van der Waals surface area contributed by atoms with Crippen molar-refractivity contribution in [3.05, 3.63) is 6.92 Å². The molecule has 0 unspecified atom stereocenters. The minimum atomic E-state index is -1.07. The Morgan fingerprint density at radius 1 is 2.00 bits per heavy atom. The highest BCUT2D eigenvalue weighted by molar-refractivity contribution is 5.73. The summed E-state index contributed by atoms with van der Waals surface area (Å²) < 4.78 is 0. The fourth-order valence-electron chi connectivity index (χ4n) is 0. The van der Waals surface area contributed by atoms with Crippen molar-refractivity contribution in [2.24, 2.45) is 5.73 Å². The lowest BCUT2D eigenvalue weighted by Gasteiger charge is -1.82. The average Bonchev–Trinajstić information content (AvgIpc) is 1.36. The van der Waals surface area contributed by atoms with E-state index in [2.05, 4.69) is 6.92 Å². The van der Waals surface area contributed by atoms with Crippen molar-refractivity contribution in [2.75, 3.05) is 0 Å². The molecule has 0 amide bonds. The number of carbonyl (C=O) groups is 1. The predicted octanol–water partition coefficient (Wildman–Crippen LogP) is -0.768. The zero-order chi connectivity index (χ0) is 5.15. The Kier molecular flexibility index (Phi) is 1.47. The molecule has 0 aromatic rings. The fourth-order valence-corrected chi connectivity index (χ4v) is 0. The van der Waals surface area contributed by atoms with Crippen molar-refractivity contribution in [1.29, 1.82) is 0 Å². The molecule has 3 heteroatoms. The van der Waals surface area contributed by atoms with Crippen LogP contribution in [0.15, 0.2) is 0 Å². The highest BCUT2D eigenvalue weighted by Crippen LogP contribution is 1.67. The molecule has 34 valence electrons. The first-order valence-corrected chi connectivity index (χ1v) is 1.46. The van der Waals surface area contributed by atoms with Crippen LogP contribution in [0.3, 0.4) is 0 Å². The third-order valence-electron chi connectivity index (χ3n) is 0.317. The van der Waals surface area contributed by atoms with Gasteiger partial charge < -0.3 is 5.11 Å². The Morgan fingerprint density at radius 2 is 2.17 bits per heavy atom. The minimum absolute atomic E-state index is 0.981. The molecule has 0 fully saturated rings. The van der Waals surface area contributed by atoms with E-state index in [4.69, 9.17) is 10.8 Å². The molecule has 6 heavy (non-hydrogen) atoms. The number of aliphatic carboxylic acids is 1. The molecule has 0 saturated heterocycles. The zero-order valence-corrected chi connectivity index (χ0v) is 3.22. The second-order valence-electron chi connectivity index (χ2n) is 0.945. The van der Waals surface area contributed by atoms with Gasteiger partial charge in [-0.3, -0.25) is 5.73 Å². The molecule has 0 aliphatic rings. The van der Waals surface area contributed by atoms with Crippen LogP contribution in [0.1, 0.15) is 0 Å². The van der Waals surface area contributed by atoms with Crippen LogP contribution in [-0.4, -0.2) is 17.1 Å². The van der Waals surface area contributed by atoms with E-state index >= 15 is 0 Å². The third kappa shape index (κ3) is 1.60. The van der Waals surface area contributed by atoms with Crippen LogP contribution in [0.25, 0.3) is 0 Å². The summed E-state index contributed by atoms with van der Waals surface area (Å²) in [6.45, 7) is 3.02. The highest BCUT2D eigenvalue weighted by Gasteiger charge is 2.08. The Morgan fingerprint density at radius 3 is 2.17 bits per heavy atom. The van der Waals surface area contributed by atoms with E-state index in [1.54, 1.807) is 0 Å². The lowest BCUT2D eigenvalue weighted by Crippen LogP contribution is -2.25. The van der Waals surface area contributed by atoms with Crippen molar-refractivity contribution in [2.45, 2.75) is 6.04 Å². The van der Waals surface area contributed by atoms with E-state index in [0.717, 1.165) is 0 Å². The fraction of sp³-hybridized carbons (Fsp3) is 0.333. The summed E-state index contributed by atoms with van der Waals surface area (Å²) in [5.74, 6) is -1.07. The number of carboxylic acid groups (broad SMARTS) is 1. The van der Waals surface area contributed by atoms with Gasteiger partial charge in [0.1, 0.15) is 0 Å². The Balaban J connectivity index is 3.26. The van der Waals surface area contributed by atoms with E-state index in [-0.39, 0.29) is 0 Å². The third-order valence-corrected chi connectivity index (χ3v) is 0.317. The summed E-state index contributed by atoms with van der Waals surface area (Å²) in [6.07, 6.45) is 0. The molecule has 0 radical (unpaired) electrons. The molecular weight excluding hydrogens is 82.0 g/mol. The number of nitrogens with two attached hydrogens (primary N) is 1. The molecule has 0 aliphatic carbocycles. The van der Waals surface area contributed by atoms with Gasteiger partial charge in [0.05, 0.1) is 6.92 Å². The largest absolute Gasteiger partial charge is 0.477 e. The van der Waals surface area contributed by atoms with Crippen LogP contribution in [0.4, 0.5) is 0 Å². The number of rotatable bonds is 1. The maximum atomic E-state index is 9.51. The second kappa shape index (κ2) is 1.67. The van der Waals surface area contributed by atoms with Gasteiger partial charge in [0.25, 0.3) is 0 Å². The molecule has 3 N–H and O–H groups in total. The zero-order valence-electron chi connectivity index (χ0n) is 3.22. The number of hydrogen-bond acceptors (Lipinski definition) is 2.